The van der Waals surface area contributed by atoms with E-state index in [2.05, 4.69) is 20.6 Å². The number of carbonyl (C=O) groups is 4. The molecular formula is C46H60N6O6. The number of nitrogens with zero attached hydrogens (tertiary/aromatic N) is 4. The van der Waals surface area contributed by atoms with Crippen molar-refractivity contribution in [2.75, 3.05) is 14.1 Å². The molecular weight excluding hydrogens is 733 g/mol. The Hall–Kier alpha value is -5.46. The summed E-state index contributed by atoms with van der Waals surface area (Å²) in [7, 11) is 3.36. The van der Waals surface area contributed by atoms with E-state index in [0.717, 1.165) is 22.5 Å². The van der Waals surface area contributed by atoms with E-state index >= 15 is 0 Å². The molecule has 12 heteroatoms. The zero-order chi connectivity index (χ0) is 41.9. The van der Waals surface area contributed by atoms with Crippen LogP contribution >= 0.6 is 0 Å². The number of hydrogen-bond donors (Lipinski definition) is 4. The third kappa shape index (κ3) is 14.5. The van der Waals surface area contributed by atoms with Gasteiger partial charge < -0.3 is 30.6 Å². The molecule has 2 aromatic carbocycles. The van der Waals surface area contributed by atoms with E-state index in [1.54, 1.807) is 48.4 Å². The van der Waals surface area contributed by atoms with Gasteiger partial charge in [-0.3, -0.25) is 29.1 Å². The molecule has 4 rings (SSSR count). The molecule has 0 spiro atoms. The average Bonchev–Trinajstić information content (AvgIpc) is 3.23. The molecule has 58 heavy (non-hydrogen) atoms. The minimum Gasteiger partial charge on any atom is -0.388 e. The van der Waals surface area contributed by atoms with Crippen LogP contribution < -0.4 is 10.6 Å². The van der Waals surface area contributed by atoms with Gasteiger partial charge >= 0.3 is 0 Å². The first-order valence-electron chi connectivity index (χ1n) is 20.3. The summed E-state index contributed by atoms with van der Waals surface area (Å²) in [6, 6.07) is 27.7. The summed E-state index contributed by atoms with van der Waals surface area (Å²) in [5.74, 6) is -2.62. The minimum atomic E-state index is -1.53. The highest BCUT2D eigenvalue weighted by atomic mass is 16.3. The van der Waals surface area contributed by atoms with Gasteiger partial charge in [-0.2, -0.15) is 0 Å². The number of rotatable bonds is 23. The predicted molar refractivity (Wildman–Crippen MR) is 224 cm³/mol. The standard InChI is InChI=1S/C46H60N6O6/c1-5-17-35(29-41(53)51(3)31-37-23-13-15-25-47-37)45(57)49-39(27-33-19-9-7-10-20-33)43(55)44(56)40(28-34-21-11-8-12-22-34)50-46(58)36(18-6-2)30-42(54)52(4)32-38-24-14-16-26-48-38/h7-16,19-26,35-36,39-40,43-44,55-56H,5-6,17-18,27-32H2,1-4H3,(H,49,57)(H,50,58)/t35?,36?,39-,40-,43+,44+/m0/s1. The largest absolute Gasteiger partial charge is 0.388 e. The molecule has 2 unspecified atom stereocenters. The van der Waals surface area contributed by atoms with Crippen LogP contribution in [0.2, 0.25) is 0 Å². The molecule has 6 atom stereocenters. The summed E-state index contributed by atoms with van der Waals surface area (Å²) >= 11 is 0. The highest BCUT2D eigenvalue weighted by Gasteiger charge is 2.37. The minimum absolute atomic E-state index is 0.0407. The molecule has 4 amide bonds. The molecule has 2 heterocycles. The molecule has 12 nitrogen and oxygen atoms in total. The van der Waals surface area contributed by atoms with Crippen molar-refractivity contribution in [1.29, 1.82) is 0 Å². The van der Waals surface area contributed by atoms with Crippen molar-refractivity contribution in [3.8, 4) is 0 Å². The maximum Gasteiger partial charge on any atom is 0.223 e. The molecule has 4 N–H and O–H groups in total. The topological polar surface area (TPSA) is 165 Å². The van der Waals surface area contributed by atoms with Crippen molar-refractivity contribution in [3.05, 3.63) is 132 Å². The number of pyridine rings is 2. The SMILES string of the molecule is CCCC(CC(=O)N(C)Cc1ccccn1)C(=O)N[C@@H](Cc1ccccc1)[C@@H](O)[C@H](O)[C@H](Cc1ccccc1)NC(=O)C(CCC)CC(=O)N(C)Cc1ccccn1. The Morgan fingerprint density at radius 1 is 0.569 bits per heavy atom. The van der Waals surface area contributed by atoms with Crippen molar-refractivity contribution >= 4 is 23.6 Å². The van der Waals surface area contributed by atoms with Crippen molar-refractivity contribution in [1.82, 2.24) is 30.4 Å². The van der Waals surface area contributed by atoms with Crippen LogP contribution in [0.25, 0.3) is 0 Å². The van der Waals surface area contributed by atoms with Crippen LogP contribution in [0.4, 0.5) is 0 Å². The van der Waals surface area contributed by atoms with Gasteiger partial charge in [0.1, 0.15) is 12.2 Å². The lowest BCUT2D eigenvalue weighted by Gasteiger charge is -2.34. The monoisotopic (exact) mass is 792 g/mol. The summed E-state index contributed by atoms with van der Waals surface area (Å²) in [5.41, 5.74) is 3.09. The molecule has 0 radical (unpaired) electrons. The van der Waals surface area contributed by atoms with Gasteiger partial charge in [-0.1, -0.05) is 99.5 Å². The number of benzene rings is 2. The molecule has 0 aliphatic carbocycles. The second kappa shape index (κ2) is 23.7. The second-order valence-corrected chi connectivity index (χ2v) is 15.1. The first-order valence-corrected chi connectivity index (χ1v) is 20.3. The molecule has 4 aromatic rings. The van der Waals surface area contributed by atoms with Crippen molar-refractivity contribution in [2.24, 2.45) is 11.8 Å². The molecule has 0 aliphatic rings. The van der Waals surface area contributed by atoms with Crippen molar-refractivity contribution in [3.63, 3.8) is 0 Å². The van der Waals surface area contributed by atoms with Crippen LogP contribution in [-0.2, 0) is 45.1 Å². The van der Waals surface area contributed by atoms with Crippen molar-refractivity contribution < 1.29 is 29.4 Å². The summed E-state index contributed by atoms with van der Waals surface area (Å²) in [6.07, 6.45) is 2.72. The summed E-state index contributed by atoms with van der Waals surface area (Å²) in [4.78, 5) is 66.6. The fourth-order valence-corrected chi connectivity index (χ4v) is 7.06. The third-order valence-corrected chi connectivity index (χ3v) is 10.4. The van der Waals surface area contributed by atoms with E-state index in [9.17, 15) is 29.4 Å². The number of hydrogen-bond acceptors (Lipinski definition) is 8. The maximum absolute atomic E-state index is 14.1. The lowest BCUT2D eigenvalue weighted by atomic mass is 9.89. The second-order valence-electron chi connectivity index (χ2n) is 15.1. The first kappa shape index (κ1) is 45.2. The third-order valence-electron chi connectivity index (χ3n) is 10.4. The Kier molecular flexibility index (Phi) is 18.5. The highest BCUT2D eigenvalue weighted by Crippen LogP contribution is 2.21. The van der Waals surface area contributed by atoms with Gasteiger partial charge in [0.25, 0.3) is 0 Å². The quantitative estimate of drug-likeness (QED) is 0.0826. The Morgan fingerprint density at radius 3 is 1.26 bits per heavy atom. The molecule has 0 fully saturated rings. The van der Waals surface area contributed by atoms with Crippen LogP contribution in [0.15, 0.2) is 109 Å². The lowest BCUT2D eigenvalue weighted by molar-refractivity contribution is -0.137. The summed E-state index contributed by atoms with van der Waals surface area (Å²) < 4.78 is 0. The molecule has 0 bridgehead atoms. The van der Waals surface area contributed by atoms with E-state index in [4.69, 9.17) is 0 Å². The zero-order valence-corrected chi connectivity index (χ0v) is 34.2. The van der Waals surface area contributed by atoms with Gasteiger partial charge in [0.05, 0.1) is 36.6 Å². The van der Waals surface area contributed by atoms with E-state index in [0.29, 0.717) is 38.8 Å². The predicted octanol–water partition coefficient (Wildman–Crippen LogP) is 4.88. The van der Waals surface area contributed by atoms with Crippen LogP contribution in [0, 0.1) is 11.8 Å². The highest BCUT2D eigenvalue weighted by molar-refractivity contribution is 5.86. The van der Waals surface area contributed by atoms with Gasteiger partial charge in [0.15, 0.2) is 0 Å². The van der Waals surface area contributed by atoms with E-state index in [1.807, 2.05) is 98.8 Å². The zero-order valence-electron chi connectivity index (χ0n) is 34.2. The van der Waals surface area contributed by atoms with Crippen LogP contribution in [0.3, 0.4) is 0 Å². The van der Waals surface area contributed by atoms with Crippen LogP contribution in [-0.4, -0.2) is 92.0 Å². The molecule has 0 saturated carbocycles. The number of aromatic nitrogens is 2. The fourth-order valence-electron chi connectivity index (χ4n) is 7.06. The number of nitrogens with one attached hydrogen (secondary N) is 2. The van der Waals surface area contributed by atoms with Gasteiger partial charge in [-0.25, -0.2) is 0 Å². The Balaban J connectivity index is 1.54. The van der Waals surface area contributed by atoms with E-state index < -0.39 is 47.9 Å². The molecule has 2 aromatic heterocycles. The normalized spacial score (nSPS) is 14.2. The summed E-state index contributed by atoms with van der Waals surface area (Å²) in [5, 5.41) is 30.1. The van der Waals surface area contributed by atoms with Crippen LogP contribution in [0.1, 0.15) is 74.9 Å². The Morgan fingerprint density at radius 2 is 0.931 bits per heavy atom. The van der Waals surface area contributed by atoms with Crippen molar-refractivity contribution in [2.45, 2.75) is 103 Å². The number of carbonyl (C=O) groups excluding carboxylic acids is 4. The number of aliphatic hydroxyl groups excluding tert-OH is 2. The molecule has 310 valence electrons. The van der Waals surface area contributed by atoms with E-state index in [1.165, 1.54) is 0 Å². The van der Waals surface area contributed by atoms with Gasteiger partial charge in [0, 0.05) is 51.2 Å². The summed E-state index contributed by atoms with van der Waals surface area (Å²) in [6.45, 7) is 4.48. The van der Waals surface area contributed by atoms with Gasteiger partial charge in [-0.15, -0.1) is 0 Å². The van der Waals surface area contributed by atoms with Gasteiger partial charge in [0.2, 0.25) is 23.6 Å². The molecule has 0 saturated heterocycles. The van der Waals surface area contributed by atoms with E-state index in [-0.39, 0.29) is 37.5 Å². The maximum atomic E-state index is 14.1. The Bertz CT molecular complexity index is 1700. The first-order chi connectivity index (χ1) is 28.0. The van der Waals surface area contributed by atoms with Gasteiger partial charge in [-0.05, 0) is 61.1 Å². The number of aliphatic hydroxyl groups is 2. The average molecular weight is 793 g/mol. The smallest absolute Gasteiger partial charge is 0.223 e. The van der Waals surface area contributed by atoms with Crippen LogP contribution in [0.5, 0.6) is 0 Å². The number of amides is 4. The fraction of sp³-hybridized carbons (Fsp3) is 0.435. The Labute approximate surface area is 343 Å². The molecule has 0 aliphatic heterocycles. The lowest BCUT2D eigenvalue weighted by Crippen LogP contribution is -2.58.